The van der Waals surface area contributed by atoms with Gasteiger partial charge in [0.2, 0.25) is 0 Å². The van der Waals surface area contributed by atoms with Gasteiger partial charge in [0, 0.05) is 18.2 Å². The number of nitrogens with zero attached hydrogens (tertiary/aromatic N) is 2. The fraction of sp³-hybridized carbons (Fsp3) is 0.0588. The van der Waals surface area contributed by atoms with Crippen LogP contribution in [0.1, 0.15) is 5.56 Å². The van der Waals surface area contributed by atoms with Gasteiger partial charge in [-0.2, -0.15) is 0 Å². The van der Waals surface area contributed by atoms with E-state index in [1.54, 1.807) is 24.3 Å². The van der Waals surface area contributed by atoms with E-state index < -0.39 is 16.4 Å². The summed E-state index contributed by atoms with van der Waals surface area (Å²) in [5, 5.41) is 27.9. The van der Waals surface area contributed by atoms with Crippen LogP contribution in [0.25, 0.3) is 6.08 Å². The molecule has 1 saturated heterocycles. The smallest absolute Gasteiger partial charge is 0.311 e. The summed E-state index contributed by atoms with van der Waals surface area (Å²) in [6.07, 6.45) is 1.50. The molecule has 27 heavy (non-hydrogen) atoms. The number of rotatable bonds is 3. The molecule has 1 amide bonds. The van der Waals surface area contributed by atoms with Crippen molar-refractivity contribution in [3.8, 4) is 5.75 Å². The standard InChI is InChI=1S/C16H9ClN2O4S2.CH4O/c17-10-2-1-3-11(8-10)18-15(21)14(25-16(18)24)7-9-4-5-13(20)12(6-9)19(22)23;1-2/h1-8,20H;2H,1H3/b14-7-;. The average molecular weight is 425 g/mol. The van der Waals surface area contributed by atoms with E-state index in [9.17, 15) is 20.0 Å². The summed E-state index contributed by atoms with van der Waals surface area (Å²) in [6, 6.07) is 10.6. The lowest BCUT2D eigenvalue weighted by Gasteiger charge is -2.14. The van der Waals surface area contributed by atoms with Crippen molar-refractivity contribution in [3.05, 3.63) is 68.1 Å². The van der Waals surface area contributed by atoms with Gasteiger partial charge in [0.25, 0.3) is 5.91 Å². The van der Waals surface area contributed by atoms with Crippen LogP contribution in [0.4, 0.5) is 11.4 Å². The Bertz CT molecular complexity index is 949. The molecule has 0 bridgehead atoms. The van der Waals surface area contributed by atoms with Gasteiger partial charge in [0.1, 0.15) is 0 Å². The summed E-state index contributed by atoms with van der Waals surface area (Å²) < 4.78 is 0.340. The van der Waals surface area contributed by atoms with Gasteiger partial charge in [-0.25, -0.2) is 0 Å². The summed E-state index contributed by atoms with van der Waals surface area (Å²) in [4.78, 5) is 24.5. The minimum atomic E-state index is -0.691. The van der Waals surface area contributed by atoms with Crippen LogP contribution in [-0.4, -0.2) is 32.5 Å². The Labute approximate surface area is 169 Å². The lowest BCUT2D eigenvalue weighted by molar-refractivity contribution is -0.385. The van der Waals surface area contributed by atoms with Crippen molar-refractivity contribution in [3.63, 3.8) is 0 Å². The number of aliphatic hydroxyl groups is 1. The Hall–Kier alpha value is -2.46. The maximum absolute atomic E-state index is 12.6. The fourth-order valence-corrected chi connectivity index (χ4v) is 3.72. The van der Waals surface area contributed by atoms with Crippen LogP contribution in [0.2, 0.25) is 5.02 Å². The molecule has 1 aliphatic rings. The molecule has 0 unspecified atom stereocenters. The van der Waals surface area contributed by atoms with E-state index in [0.717, 1.165) is 18.9 Å². The number of benzene rings is 2. The third kappa shape index (κ3) is 4.64. The molecule has 2 aromatic carbocycles. The number of amides is 1. The van der Waals surface area contributed by atoms with Gasteiger partial charge in [-0.05, 0) is 35.9 Å². The van der Waals surface area contributed by atoms with Gasteiger partial charge in [0.15, 0.2) is 10.1 Å². The Kier molecular flexibility index (Phi) is 6.92. The predicted molar refractivity (Wildman–Crippen MR) is 110 cm³/mol. The van der Waals surface area contributed by atoms with E-state index in [4.69, 9.17) is 28.9 Å². The summed E-state index contributed by atoms with van der Waals surface area (Å²) in [5.74, 6) is -0.776. The highest BCUT2D eigenvalue weighted by Gasteiger charge is 2.33. The van der Waals surface area contributed by atoms with Crippen LogP contribution >= 0.6 is 35.6 Å². The molecular formula is C17H13ClN2O5S2. The van der Waals surface area contributed by atoms with E-state index in [-0.39, 0.29) is 5.91 Å². The van der Waals surface area contributed by atoms with Crippen LogP contribution in [0, 0.1) is 10.1 Å². The molecule has 2 aromatic rings. The van der Waals surface area contributed by atoms with Crippen LogP contribution in [0.15, 0.2) is 47.4 Å². The minimum Gasteiger partial charge on any atom is -0.502 e. The largest absolute Gasteiger partial charge is 0.502 e. The first-order valence-corrected chi connectivity index (χ1v) is 8.93. The number of halogens is 1. The van der Waals surface area contributed by atoms with Gasteiger partial charge in [0.05, 0.1) is 15.5 Å². The van der Waals surface area contributed by atoms with E-state index in [1.165, 1.54) is 29.2 Å². The first-order chi connectivity index (χ1) is 12.9. The zero-order valence-corrected chi connectivity index (χ0v) is 16.2. The number of thioether (sulfide) groups is 1. The number of aliphatic hydroxyl groups excluding tert-OH is 1. The summed E-state index contributed by atoms with van der Waals surface area (Å²) in [5.41, 5.74) is 0.533. The number of hydrogen-bond acceptors (Lipinski definition) is 7. The third-order valence-electron chi connectivity index (χ3n) is 3.35. The van der Waals surface area contributed by atoms with Gasteiger partial charge in [-0.1, -0.05) is 47.7 Å². The molecule has 3 rings (SSSR count). The van der Waals surface area contributed by atoms with Crippen molar-refractivity contribution in [1.82, 2.24) is 0 Å². The Morgan fingerprint density at radius 1 is 1.26 bits per heavy atom. The molecule has 0 atom stereocenters. The summed E-state index contributed by atoms with van der Waals surface area (Å²) in [6.45, 7) is 0. The van der Waals surface area contributed by atoms with E-state index >= 15 is 0 Å². The fourth-order valence-electron chi connectivity index (χ4n) is 2.23. The average Bonchev–Trinajstić information content (AvgIpc) is 2.91. The topological polar surface area (TPSA) is 104 Å². The zero-order valence-electron chi connectivity index (χ0n) is 13.8. The highest BCUT2D eigenvalue weighted by Crippen LogP contribution is 2.37. The van der Waals surface area contributed by atoms with Gasteiger partial charge in [-0.3, -0.25) is 19.8 Å². The molecule has 7 nitrogen and oxygen atoms in total. The number of anilines is 1. The van der Waals surface area contributed by atoms with Crippen LogP contribution in [0.5, 0.6) is 5.75 Å². The maximum atomic E-state index is 12.6. The van der Waals surface area contributed by atoms with Crippen LogP contribution in [-0.2, 0) is 4.79 Å². The van der Waals surface area contributed by atoms with Crippen molar-refractivity contribution in [2.75, 3.05) is 12.0 Å². The molecular weight excluding hydrogens is 412 g/mol. The normalized spacial score (nSPS) is 14.9. The van der Waals surface area contributed by atoms with Gasteiger partial charge >= 0.3 is 5.69 Å². The SMILES string of the molecule is CO.O=C1/C(=C/c2ccc(O)c([N+](=O)[O-])c2)SC(=S)N1c1cccc(Cl)c1. The maximum Gasteiger partial charge on any atom is 0.311 e. The Morgan fingerprint density at radius 2 is 1.96 bits per heavy atom. The quantitative estimate of drug-likeness (QED) is 0.332. The lowest BCUT2D eigenvalue weighted by atomic mass is 10.1. The van der Waals surface area contributed by atoms with Crippen molar-refractivity contribution < 1.29 is 19.9 Å². The van der Waals surface area contributed by atoms with E-state index in [2.05, 4.69) is 0 Å². The first-order valence-electron chi connectivity index (χ1n) is 7.32. The molecule has 1 fully saturated rings. The molecule has 10 heteroatoms. The number of thiocarbonyl (C=S) groups is 1. The zero-order chi connectivity index (χ0) is 20.1. The van der Waals surface area contributed by atoms with Crippen molar-refractivity contribution in [2.45, 2.75) is 0 Å². The highest BCUT2D eigenvalue weighted by molar-refractivity contribution is 8.27. The van der Waals surface area contributed by atoms with Gasteiger partial charge < -0.3 is 10.2 Å². The highest BCUT2D eigenvalue weighted by atomic mass is 35.5. The number of nitro groups is 1. The number of carbonyl (C=O) groups is 1. The second-order valence-electron chi connectivity index (χ2n) is 5.00. The minimum absolute atomic E-state index is 0.324. The Balaban J connectivity index is 0.00000126. The van der Waals surface area contributed by atoms with Crippen molar-refractivity contribution in [2.24, 2.45) is 0 Å². The molecule has 0 spiro atoms. The Morgan fingerprint density at radius 3 is 2.59 bits per heavy atom. The molecule has 2 N–H and O–H groups in total. The first kappa shape index (κ1) is 20.8. The molecule has 0 saturated carbocycles. The number of carbonyl (C=O) groups excluding carboxylic acids is 1. The van der Waals surface area contributed by atoms with Crippen molar-refractivity contribution in [1.29, 1.82) is 0 Å². The second-order valence-corrected chi connectivity index (χ2v) is 7.11. The summed E-state index contributed by atoms with van der Waals surface area (Å²) >= 11 is 12.3. The van der Waals surface area contributed by atoms with E-state index in [1.807, 2.05) is 0 Å². The van der Waals surface area contributed by atoms with Crippen molar-refractivity contribution >= 4 is 63.3 Å². The number of aromatic hydroxyl groups is 1. The van der Waals surface area contributed by atoms with Gasteiger partial charge in [-0.15, -0.1) is 0 Å². The third-order valence-corrected chi connectivity index (χ3v) is 4.89. The van der Waals surface area contributed by atoms with Crippen LogP contribution < -0.4 is 4.90 Å². The predicted octanol–water partition coefficient (Wildman–Crippen LogP) is 3.97. The molecule has 1 aliphatic heterocycles. The number of nitro benzene ring substituents is 1. The molecule has 140 valence electrons. The monoisotopic (exact) mass is 424 g/mol. The molecule has 0 aromatic heterocycles. The molecule has 0 radical (unpaired) electrons. The number of phenols is 1. The second kappa shape index (κ2) is 8.96. The lowest BCUT2D eigenvalue weighted by Crippen LogP contribution is -2.27. The van der Waals surface area contributed by atoms with E-state index in [0.29, 0.717) is 25.5 Å². The molecule has 1 heterocycles. The number of phenolic OH excluding ortho intramolecular Hbond substituents is 1. The van der Waals surface area contributed by atoms with Crippen LogP contribution in [0.3, 0.4) is 0 Å². The summed E-state index contributed by atoms with van der Waals surface area (Å²) in [7, 11) is 1.00. The number of hydrogen-bond donors (Lipinski definition) is 2. The molecule has 0 aliphatic carbocycles.